The van der Waals surface area contributed by atoms with Gasteiger partial charge >= 0.3 is 0 Å². The van der Waals surface area contributed by atoms with Gasteiger partial charge in [-0.2, -0.15) is 5.10 Å². The summed E-state index contributed by atoms with van der Waals surface area (Å²) in [6.07, 6.45) is 4.51. The van der Waals surface area contributed by atoms with E-state index in [4.69, 9.17) is 0 Å². The molecule has 1 N–H and O–H groups in total. The van der Waals surface area contributed by atoms with Crippen LogP contribution in [-0.2, 0) is 23.2 Å². The number of ketones is 1. The van der Waals surface area contributed by atoms with Gasteiger partial charge in [0, 0.05) is 53.4 Å². The summed E-state index contributed by atoms with van der Waals surface area (Å²) in [6.45, 7) is 8.71. The van der Waals surface area contributed by atoms with Gasteiger partial charge < -0.3 is 9.88 Å². The number of nitrogens with zero attached hydrogens (tertiary/aromatic N) is 3. The van der Waals surface area contributed by atoms with Crippen LogP contribution in [0.2, 0.25) is 0 Å². The minimum Gasteiger partial charge on any atom is -0.357 e. The highest BCUT2D eigenvalue weighted by Crippen LogP contribution is 2.45. The zero-order chi connectivity index (χ0) is 24.4. The first-order chi connectivity index (χ1) is 16.1. The SMILES string of the molecule is CCc1cc2c(cc1-c1cnn(CC(=O)N(C)C)c1)C(C)(C)c1[nH]c3cc(C)ccc3c1C2=O. The summed E-state index contributed by atoms with van der Waals surface area (Å²) >= 11 is 0. The van der Waals surface area contributed by atoms with Crippen LogP contribution in [-0.4, -0.2) is 45.5 Å². The third-order valence-corrected chi connectivity index (χ3v) is 7.09. The molecule has 0 unspecified atom stereocenters. The van der Waals surface area contributed by atoms with Crippen LogP contribution >= 0.6 is 0 Å². The highest BCUT2D eigenvalue weighted by Gasteiger charge is 2.40. The maximum Gasteiger partial charge on any atom is 0.243 e. The van der Waals surface area contributed by atoms with Crippen LogP contribution < -0.4 is 0 Å². The second-order valence-electron chi connectivity index (χ2n) is 10.0. The molecule has 2 aromatic heterocycles. The Morgan fingerprint density at radius 3 is 2.62 bits per heavy atom. The first-order valence-corrected chi connectivity index (χ1v) is 11.7. The summed E-state index contributed by atoms with van der Waals surface area (Å²) in [5.74, 6) is 0.0667. The normalized spacial score (nSPS) is 14.2. The summed E-state index contributed by atoms with van der Waals surface area (Å²) in [6, 6.07) is 10.4. The Morgan fingerprint density at radius 2 is 1.91 bits per heavy atom. The Hall–Kier alpha value is -3.67. The first kappa shape index (κ1) is 22.1. The number of rotatable bonds is 4. The molecular weight excluding hydrogens is 424 g/mol. The van der Waals surface area contributed by atoms with E-state index in [9.17, 15) is 9.59 Å². The van der Waals surface area contributed by atoms with E-state index in [1.165, 1.54) is 0 Å². The van der Waals surface area contributed by atoms with Crippen molar-refractivity contribution in [1.29, 1.82) is 0 Å². The van der Waals surface area contributed by atoms with Crippen molar-refractivity contribution < 1.29 is 9.59 Å². The van der Waals surface area contributed by atoms with Crippen molar-refractivity contribution in [2.45, 2.75) is 46.1 Å². The van der Waals surface area contributed by atoms with Gasteiger partial charge in [-0.3, -0.25) is 14.3 Å². The smallest absolute Gasteiger partial charge is 0.243 e. The van der Waals surface area contributed by atoms with Crippen LogP contribution in [0.25, 0.3) is 22.0 Å². The van der Waals surface area contributed by atoms with Crippen LogP contribution in [0.3, 0.4) is 0 Å². The fourth-order valence-electron chi connectivity index (χ4n) is 5.07. The molecule has 0 saturated carbocycles. The molecule has 6 nitrogen and oxygen atoms in total. The summed E-state index contributed by atoms with van der Waals surface area (Å²) in [5.41, 5.74) is 8.44. The zero-order valence-corrected chi connectivity index (χ0v) is 20.6. The van der Waals surface area contributed by atoms with Crippen molar-refractivity contribution in [1.82, 2.24) is 19.7 Å². The second kappa shape index (κ2) is 7.69. The number of hydrogen-bond acceptors (Lipinski definition) is 3. The van der Waals surface area contributed by atoms with Gasteiger partial charge in [-0.25, -0.2) is 0 Å². The van der Waals surface area contributed by atoms with Gasteiger partial charge in [0.05, 0.1) is 11.8 Å². The Morgan fingerprint density at radius 1 is 1.15 bits per heavy atom. The molecule has 0 spiro atoms. The van der Waals surface area contributed by atoms with Gasteiger partial charge in [-0.05, 0) is 53.8 Å². The number of likely N-dealkylation sites (N-methyl/N-ethyl adjacent to an activating group) is 1. The van der Waals surface area contributed by atoms with Gasteiger partial charge in [0.25, 0.3) is 0 Å². The van der Waals surface area contributed by atoms with E-state index >= 15 is 0 Å². The molecule has 4 aromatic rings. The van der Waals surface area contributed by atoms with Crippen molar-refractivity contribution in [2.24, 2.45) is 0 Å². The van der Waals surface area contributed by atoms with Crippen molar-refractivity contribution in [3.8, 4) is 11.1 Å². The Bertz CT molecular complexity index is 1470. The number of aromatic amines is 1. The number of hydrogen-bond donors (Lipinski definition) is 1. The molecule has 2 heterocycles. The number of fused-ring (bicyclic) bond motifs is 4. The molecule has 0 bridgehead atoms. The van der Waals surface area contributed by atoms with Crippen LogP contribution in [0, 0.1) is 6.92 Å². The number of H-pyrrole nitrogens is 1. The summed E-state index contributed by atoms with van der Waals surface area (Å²) in [7, 11) is 3.48. The molecule has 1 aliphatic carbocycles. The lowest BCUT2D eigenvalue weighted by Gasteiger charge is -2.33. The predicted octanol–water partition coefficient (Wildman–Crippen LogP) is 4.86. The third kappa shape index (κ3) is 3.28. The van der Waals surface area contributed by atoms with Crippen molar-refractivity contribution in [3.05, 3.63) is 76.2 Å². The maximum atomic E-state index is 13.8. The number of nitrogens with one attached hydrogen (secondary N) is 1. The third-order valence-electron chi connectivity index (χ3n) is 7.09. The van der Waals surface area contributed by atoms with E-state index in [0.717, 1.165) is 62.0 Å². The van der Waals surface area contributed by atoms with Gasteiger partial charge in [0.15, 0.2) is 5.78 Å². The Labute approximate surface area is 199 Å². The second-order valence-corrected chi connectivity index (χ2v) is 10.0. The highest BCUT2D eigenvalue weighted by molar-refractivity contribution is 6.20. The molecular formula is C28H30N4O2. The Balaban J connectivity index is 1.65. The summed E-state index contributed by atoms with van der Waals surface area (Å²) < 4.78 is 1.67. The van der Waals surface area contributed by atoms with E-state index in [2.05, 4.69) is 68.1 Å². The predicted molar refractivity (Wildman–Crippen MR) is 134 cm³/mol. The molecule has 1 aliphatic rings. The topological polar surface area (TPSA) is 71.0 Å². The largest absolute Gasteiger partial charge is 0.357 e. The molecule has 0 fully saturated rings. The van der Waals surface area contributed by atoms with E-state index in [1.54, 1.807) is 29.9 Å². The lowest BCUT2D eigenvalue weighted by molar-refractivity contribution is -0.129. The van der Waals surface area contributed by atoms with E-state index < -0.39 is 0 Å². The number of aryl methyl sites for hydroxylation is 2. The molecule has 1 amide bonds. The average molecular weight is 455 g/mol. The number of amides is 1. The van der Waals surface area contributed by atoms with Crippen LogP contribution in [0.15, 0.2) is 42.7 Å². The van der Waals surface area contributed by atoms with Gasteiger partial charge in [0.1, 0.15) is 6.54 Å². The highest BCUT2D eigenvalue weighted by atomic mass is 16.2. The fraction of sp³-hybridized carbons (Fsp3) is 0.321. The molecule has 0 aliphatic heterocycles. The molecule has 0 radical (unpaired) electrons. The molecule has 174 valence electrons. The lowest BCUT2D eigenvalue weighted by atomic mass is 9.70. The average Bonchev–Trinajstić information content (AvgIpc) is 3.41. The monoisotopic (exact) mass is 454 g/mol. The number of carbonyl (C=O) groups is 2. The summed E-state index contributed by atoms with van der Waals surface area (Å²) in [5, 5.41) is 5.41. The fourth-order valence-corrected chi connectivity index (χ4v) is 5.07. The lowest BCUT2D eigenvalue weighted by Crippen LogP contribution is -2.30. The molecule has 6 heteroatoms. The molecule has 0 atom stereocenters. The van der Waals surface area contributed by atoms with Crippen LogP contribution in [0.4, 0.5) is 0 Å². The standard InChI is InChI=1S/C28H30N4O2/c1-7-17-11-21-22(12-20(17)18-13-29-32(14-18)15-24(33)31(5)6)28(3,4)27-25(26(21)34)19-9-8-16(2)10-23(19)30-27/h8-14,30H,7,15H2,1-6H3. The quantitative estimate of drug-likeness (QED) is 0.479. The zero-order valence-electron chi connectivity index (χ0n) is 20.6. The number of carbonyl (C=O) groups excluding carboxylic acids is 2. The number of aromatic nitrogens is 3. The van der Waals surface area contributed by atoms with Gasteiger partial charge in [-0.15, -0.1) is 0 Å². The van der Waals surface area contributed by atoms with Crippen molar-refractivity contribution in [2.75, 3.05) is 14.1 Å². The molecule has 0 saturated heterocycles. The molecule has 2 aromatic carbocycles. The van der Waals surface area contributed by atoms with E-state index in [-0.39, 0.29) is 23.7 Å². The van der Waals surface area contributed by atoms with E-state index in [1.807, 2.05) is 6.20 Å². The summed E-state index contributed by atoms with van der Waals surface area (Å²) in [4.78, 5) is 31.0. The maximum absolute atomic E-state index is 13.8. The molecule has 34 heavy (non-hydrogen) atoms. The van der Waals surface area contributed by atoms with Crippen LogP contribution in [0.5, 0.6) is 0 Å². The van der Waals surface area contributed by atoms with Crippen molar-refractivity contribution in [3.63, 3.8) is 0 Å². The van der Waals surface area contributed by atoms with E-state index in [0.29, 0.717) is 0 Å². The number of benzene rings is 2. The Kier molecular flexibility index (Phi) is 5.01. The minimum absolute atomic E-state index is 0.0101. The first-order valence-electron chi connectivity index (χ1n) is 11.7. The van der Waals surface area contributed by atoms with Gasteiger partial charge in [0.2, 0.25) is 5.91 Å². The minimum atomic E-state index is -0.372. The van der Waals surface area contributed by atoms with Crippen LogP contribution in [0.1, 0.15) is 59.1 Å². The molecule has 5 rings (SSSR count). The van der Waals surface area contributed by atoms with Gasteiger partial charge in [-0.1, -0.05) is 32.9 Å². The van der Waals surface area contributed by atoms with Crippen molar-refractivity contribution >= 4 is 22.6 Å².